The van der Waals surface area contributed by atoms with Gasteiger partial charge < -0.3 is 25.6 Å². The van der Waals surface area contributed by atoms with Crippen molar-refractivity contribution in [2.24, 2.45) is 0 Å². The minimum atomic E-state index is -1.17. The molecule has 2 atom stereocenters. The van der Waals surface area contributed by atoms with Gasteiger partial charge in [0.25, 0.3) is 0 Å². The molecule has 23 heavy (non-hydrogen) atoms. The molecule has 0 aliphatic carbocycles. The lowest BCUT2D eigenvalue weighted by Crippen LogP contribution is -2.41. The highest BCUT2D eigenvalue weighted by Crippen LogP contribution is 2.00. The van der Waals surface area contributed by atoms with Crippen molar-refractivity contribution in [3.05, 3.63) is 35.9 Å². The Morgan fingerprint density at radius 1 is 1.22 bits per heavy atom. The maximum atomic E-state index is 11.5. The van der Waals surface area contributed by atoms with Crippen molar-refractivity contribution >= 4 is 18.0 Å². The number of carbonyl (C=O) groups excluding carboxylic acids is 2. The molecule has 4 N–H and O–H groups in total. The van der Waals surface area contributed by atoms with Gasteiger partial charge in [-0.15, -0.1) is 0 Å². The minimum Gasteiger partial charge on any atom is -0.480 e. The third kappa shape index (κ3) is 7.82. The van der Waals surface area contributed by atoms with Crippen LogP contribution in [0.15, 0.2) is 30.3 Å². The molecule has 126 valence electrons. The first-order valence-corrected chi connectivity index (χ1v) is 7.03. The van der Waals surface area contributed by atoms with Gasteiger partial charge in [-0.2, -0.15) is 0 Å². The Morgan fingerprint density at radius 2 is 1.87 bits per heavy atom. The number of aliphatic hydroxyl groups is 1. The number of nitrogens with one attached hydrogen (secondary N) is 2. The summed E-state index contributed by atoms with van der Waals surface area (Å²) in [6, 6.07) is 8.04. The number of carbonyl (C=O) groups is 3. The van der Waals surface area contributed by atoms with E-state index in [0.717, 1.165) is 5.56 Å². The highest BCUT2D eigenvalue weighted by atomic mass is 16.5. The van der Waals surface area contributed by atoms with E-state index >= 15 is 0 Å². The molecule has 0 radical (unpaired) electrons. The number of carboxylic acids is 1. The van der Waals surface area contributed by atoms with Gasteiger partial charge in [0.15, 0.2) is 0 Å². The maximum Gasteiger partial charge on any atom is 0.407 e. The van der Waals surface area contributed by atoms with E-state index < -0.39 is 30.1 Å². The normalized spacial score (nSPS) is 12.8. The molecular formula is C15H20N2O6. The van der Waals surface area contributed by atoms with E-state index in [0.29, 0.717) is 0 Å². The Balaban J connectivity index is 2.22. The lowest BCUT2D eigenvalue weighted by Gasteiger charge is -2.14. The van der Waals surface area contributed by atoms with Gasteiger partial charge in [-0.25, -0.2) is 4.79 Å². The number of alkyl carbamates (subject to hydrolysis) is 1. The van der Waals surface area contributed by atoms with E-state index in [-0.39, 0.29) is 19.6 Å². The molecule has 0 bridgehead atoms. The topological polar surface area (TPSA) is 125 Å². The van der Waals surface area contributed by atoms with Crippen LogP contribution in [-0.4, -0.2) is 46.9 Å². The average Bonchev–Trinajstić information content (AvgIpc) is 2.51. The van der Waals surface area contributed by atoms with Crippen molar-refractivity contribution in [3.63, 3.8) is 0 Å². The van der Waals surface area contributed by atoms with Crippen LogP contribution in [-0.2, 0) is 20.9 Å². The number of benzene rings is 1. The average molecular weight is 324 g/mol. The molecule has 0 saturated heterocycles. The smallest absolute Gasteiger partial charge is 0.407 e. The molecule has 8 nitrogen and oxygen atoms in total. The van der Waals surface area contributed by atoms with Crippen LogP contribution in [0.4, 0.5) is 4.79 Å². The third-order valence-corrected chi connectivity index (χ3v) is 2.86. The predicted octanol–water partition coefficient (Wildman–Crippen LogP) is 0.253. The van der Waals surface area contributed by atoms with Gasteiger partial charge in [-0.1, -0.05) is 30.3 Å². The highest BCUT2D eigenvalue weighted by molar-refractivity contribution is 5.83. The molecule has 0 aromatic heterocycles. The molecule has 0 aliphatic rings. The maximum absolute atomic E-state index is 11.5. The molecule has 8 heteroatoms. The lowest BCUT2D eigenvalue weighted by atomic mass is 10.2. The second-order valence-electron chi connectivity index (χ2n) is 4.93. The summed E-state index contributed by atoms with van der Waals surface area (Å²) in [7, 11) is 0. The first-order valence-electron chi connectivity index (χ1n) is 7.03. The lowest BCUT2D eigenvalue weighted by molar-refractivity contribution is -0.141. The second kappa shape index (κ2) is 9.42. The van der Waals surface area contributed by atoms with Crippen LogP contribution in [0.1, 0.15) is 18.9 Å². The summed E-state index contributed by atoms with van der Waals surface area (Å²) in [6.45, 7) is 1.23. The van der Waals surface area contributed by atoms with E-state index in [9.17, 15) is 19.5 Å². The quantitative estimate of drug-likeness (QED) is 0.543. The van der Waals surface area contributed by atoms with Crippen molar-refractivity contribution < 1.29 is 29.3 Å². The molecule has 1 aromatic rings. The number of aliphatic carboxylic acids is 1. The van der Waals surface area contributed by atoms with Crippen LogP contribution in [0, 0.1) is 0 Å². The van der Waals surface area contributed by atoms with Gasteiger partial charge in [-0.3, -0.25) is 9.59 Å². The highest BCUT2D eigenvalue weighted by Gasteiger charge is 2.17. The molecule has 0 fully saturated rings. The van der Waals surface area contributed by atoms with E-state index in [1.807, 2.05) is 18.2 Å². The molecule has 2 amide bonds. The molecule has 0 saturated carbocycles. The Bertz CT molecular complexity index is 534. The fourth-order valence-electron chi connectivity index (χ4n) is 1.62. The van der Waals surface area contributed by atoms with E-state index in [1.165, 1.54) is 6.92 Å². The van der Waals surface area contributed by atoms with Crippen LogP contribution >= 0.6 is 0 Å². The summed E-state index contributed by atoms with van der Waals surface area (Å²) in [5.74, 6) is -1.79. The Kier molecular flexibility index (Phi) is 7.55. The van der Waals surface area contributed by atoms with Crippen molar-refractivity contribution in [2.45, 2.75) is 32.1 Å². The zero-order valence-corrected chi connectivity index (χ0v) is 12.7. The van der Waals surface area contributed by atoms with E-state index in [1.54, 1.807) is 12.1 Å². The largest absolute Gasteiger partial charge is 0.480 e. The van der Waals surface area contributed by atoms with Gasteiger partial charge in [0.1, 0.15) is 12.6 Å². The Hall–Kier alpha value is -2.61. The van der Waals surface area contributed by atoms with Crippen LogP contribution in [0.5, 0.6) is 0 Å². The van der Waals surface area contributed by atoms with Crippen molar-refractivity contribution in [2.75, 3.05) is 6.54 Å². The summed E-state index contributed by atoms with van der Waals surface area (Å²) in [4.78, 5) is 33.5. The van der Waals surface area contributed by atoms with Crippen LogP contribution in [0.25, 0.3) is 0 Å². The van der Waals surface area contributed by atoms with Crippen molar-refractivity contribution in [1.82, 2.24) is 10.6 Å². The minimum absolute atomic E-state index is 0.0966. The van der Waals surface area contributed by atoms with Gasteiger partial charge in [-0.05, 0) is 12.5 Å². The van der Waals surface area contributed by atoms with Crippen LogP contribution in [0.2, 0.25) is 0 Å². The molecule has 0 unspecified atom stereocenters. The van der Waals surface area contributed by atoms with E-state index in [4.69, 9.17) is 9.84 Å². The van der Waals surface area contributed by atoms with Gasteiger partial charge in [0, 0.05) is 6.54 Å². The fourth-order valence-corrected chi connectivity index (χ4v) is 1.62. The molecule has 0 spiro atoms. The summed E-state index contributed by atoms with van der Waals surface area (Å²) < 4.78 is 4.94. The molecule has 1 rings (SSSR count). The number of carboxylic acid groups (broad SMARTS) is 1. The number of hydrogen-bond acceptors (Lipinski definition) is 5. The van der Waals surface area contributed by atoms with Crippen LogP contribution in [0.3, 0.4) is 0 Å². The summed E-state index contributed by atoms with van der Waals surface area (Å²) in [5, 5.41) is 22.8. The SMILES string of the molecule is C[C@@H](NC(=O)C[C@@H](O)CNC(=O)OCc1ccccc1)C(=O)O. The predicted molar refractivity (Wildman–Crippen MR) is 80.5 cm³/mol. The first kappa shape index (κ1) is 18.4. The molecular weight excluding hydrogens is 304 g/mol. The molecule has 0 aliphatic heterocycles. The van der Waals surface area contributed by atoms with Gasteiger partial charge in [0.05, 0.1) is 12.5 Å². The monoisotopic (exact) mass is 324 g/mol. The molecule has 1 aromatic carbocycles. The fraction of sp³-hybridized carbons (Fsp3) is 0.400. The number of amides is 2. The van der Waals surface area contributed by atoms with Gasteiger partial charge >= 0.3 is 12.1 Å². The number of ether oxygens (including phenoxy) is 1. The first-order chi connectivity index (χ1) is 10.9. The third-order valence-electron chi connectivity index (χ3n) is 2.86. The van der Waals surface area contributed by atoms with E-state index in [2.05, 4.69) is 10.6 Å². The van der Waals surface area contributed by atoms with Crippen LogP contribution < -0.4 is 10.6 Å². The standard InChI is InChI=1S/C15H20N2O6/c1-10(14(20)21)17-13(19)7-12(18)8-16-15(22)23-9-11-5-3-2-4-6-11/h2-6,10,12,18H,7-9H2,1H3,(H,16,22)(H,17,19)(H,20,21)/t10-,12-/m1/s1. The zero-order valence-electron chi connectivity index (χ0n) is 12.7. The van der Waals surface area contributed by atoms with Crippen molar-refractivity contribution in [3.8, 4) is 0 Å². The number of hydrogen-bond donors (Lipinski definition) is 4. The van der Waals surface area contributed by atoms with Crippen molar-refractivity contribution in [1.29, 1.82) is 0 Å². The molecule has 0 heterocycles. The summed E-state index contributed by atoms with van der Waals surface area (Å²) in [6.07, 6.45) is -2.18. The Labute approximate surface area is 133 Å². The number of aliphatic hydroxyl groups excluding tert-OH is 1. The second-order valence-corrected chi connectivity index (χ2v) is 4.93. The zero-order chi connectivity index (χ0) is 17.2. The number of rotatable bonds is 8. The summed E-state index contributed by atoms with van der Waals surface area (Å²) in [5.41, 5.74) is 0.824. The Morgan fingerprint density at radius 3 is 2.48 bits per heavy atom. The summed E-state index contributed by atoms with van der Waals surface area (Å²) >= 11 is 0. The van der Waals surface area contributed by atoms with Gasteiger partial charge in [0.2, 0.25) is 5.91 Å².